The Hall–Kier alpha value is -5.98. The second-order valence-corrected chi connectivity index (χ2v) is 9.92. The first-order chi connectivity index (χ1) is 21.8. The van der Waals surface area contributed by atoms with E-state index >= 15 is 0 Å². The van der Waals surface area contributed by atoms with Crippen LogP contribution in [0, 0.1) is 12.8 Å². The number of benzene rings is 2. The lowest BCUT2D eigenvalue weighted by molar-refractivity contribution is -0.137. The standard InChI is InChI=1S/C32H27N3O10/c1-19-23(17-33-41)35(32(40)34-27(19)36)28-26(45-31(39)22-15-9-4-10-16-22)25(44-30(38)21-13-7-3-8-14-21)24(43-28)18-42-29(37)20-11-5-2-6-12-20/h2,4-7,9-13,15-17,21,41H,3,8,14,18H2,1H3,(H,34,36,40)/b33-17+. The number of H-pyrrole nitrogens is 1. The molecule has 0 aliphatic heterocycles. The van der Waals surface area contributed by atoms with Gasteiger partial charge in [-0.25, -0.2) is 19.0 Å². The highest BCUT2D eigenvalue weighted by Gasteiger charge is 2.33. The maximum atomic E-state index is 13.3. The molecule has 0 amide bonds. The summed E-state index contributed by atoms with van der Waals surface area (Å²) in [7, 11) is 0. The van der Waals surface area contributed by atoms with E-state index in [4.69, 9.17) is 18.6 Å². The van der Waals surface area contributed by atoms with Crippen molar-refractivity contribution < 1.29 is 38.2 Å². The molecule has 0 saturated carbocycles. The van der Waals surface area contributed by atoms with E-state index in [9.17, 15) is 29.2 Å². The van der Waals surface area contributed by atoms with Crippen LogP contribution in [0.1, 0.15) is 57.0 Å². The number of allylic oxidation sites excluding steroid dienone is 1. The highest BCUT2D eigenvalue weighted by Crippen LogP contribution is 2.42. The lowest BCUT2D eigenvalue weighted by Gasteiger charge is -2.16. The Labute approximate surface area is 255 Å². The number of nitrogens with one attached hydrogen (secondary N) is 1. The van der Waals surface area contributed by atoms with E-state index in [0.29, 0.717) is 6.42 Å². The van der Waals surface area contributed by atoms with Crippen LogP contribution in [-0.4, -0.2) is 38.9 Å². The van der Waals surface area contributed by atoms with E-state index in [0.717, 1.165) is 23.6 Å². The molecule has 13 nitrogen and oxygen atoms in total. The van der Waals surface area contributed by atoms with Crippen molar-refractivity contribution in [2.24, 2.45) is 11.1 Å². The molecular weight excluding hydrogens is 586 g/mol. The average Bonchev–Trinajstić information content (AvgIpc) is 3.39. The van der Waals surface area contributed by atoms with Gasteiger partial charge in [-0.05, 0) is 50.5 Å². The summed E-state index contributed by atoms with van der Waals surface area (Å²) in [5, 5.41) is 12.3. The molecule has 13 heteroatoms. The topological polar surface area (TPSA) is 179 Å². The molecule has 2 heterocycles. The van der Waals surface area contributed by atoms with Crippen LogP contribution in [0.25, 0.3) is 5.88 Å². The van der Waals surface area contributed by atoms with E-state index in [-0.39, 0.29) is 28.1 Å². The molecule has 0 spiro atoms. The number of ether oxygens (including phenoxy) is 3. The van der Waals surface area contributed by atoms with Crippen LogP contribution < -0.4 is 20.7 Å². The molecule has 0 fully saturated rings. The molecule has 1 unspecified atom stereocenters. The molecule has 4 aromatic rings. The summed E-state index contributed by atoms with van der Waals surface area (Å²) in [5.41, 5.74) is -1.82. The fourth-order valence-corrected chi connectivity index (χ4v) is 4.62. The van der Waals surface area contributed by atoms with E-state index < -0.39 is 59.1 Å². The van der Waals surface area contributed by atoms with E-state index in [1.165, 1.54) is 31.2 Å². The Balaban J connectivity index is 1.69. The van der Waals surface area contributed by atoms with Gasteiger partial charge < -0.3 is 23.8 Å². The lowest BCUT2D eigenvalue weighted by atomic mass is 9.96. The molecule has 0 radical (unpaired) electrons. The molecule has 0 saturated heterocycles. The number of aromatic nitrogens is 2. The normalized spacial score (nSPS) is 14.3. The van der Waals surface area contributed by atoms with Crippen molar-refractivity contribution in [3.63, 3.8) is 0 Å². The van der Waals surface area contributed by atoms with Crippen molar-refractivity contribution in [1.29, 1.82) is 0 Å². The van der Waals surface area contributed by atoms with Gasteiger partial charge in [0.2, 0.25) is 11.5 Å². The SMILES string of the molecule is Cc1c(/C=N/O)n(-c2oc(COC(=O)c3ccccc3)c(OC(=O)C3C=CCCC3)c2OC(=O)c2ccccc2)c(=O)[nH]c1=O. The van der Waals surface area contributed by atoms with Gasteiger partial charge >= 0.3 is 23.6 Å². The third-order valence-electron chi connectivity index (χ3n) is 6.95. The minimum absolute atomic E-state index is 0.0629. The monoisotopic (exact) mass is 613 g/mol. The number of carbonyl (C=O) groups is 3. The van der Waals surface area contributed by atoms with Crippen LogP contribution >= 0.6 is 0 Å². The summed E-state index contributed by atoms with van der Waals surface area (Å²) in [4.78, 5) is 67.2. The Morgan fingerprint density at radius 2 is 1.67 bits per heavy atom. The third kappa shape index (κ3) is 6.67. The Kier molecular flexibility index (Phi) is 9.17. The number of hydrogen-bond donors (Lipinski definition) is 2. The van der Waals surface area contributed by atoms with Gasteiger partial charge in [0.05, 0.1) is 29.0 Å². The number of oxime groups is 1. The van der Waals surface area contributed by atoms with Crippen molar-refractivity contribution >= 4 is 24.1 Å². The second-order valence-electron chi connectivity index (χ2n) is 9.92. The van der Waals surface area contributed by atoms with Crippen molar-refractivity contribution in [3.05, 3.63) is 122 Å². The summed E-state index contributed by atoms with van der Waals surface area (Å²) in [6, 6.07) is 15.9. The molecule has 1 aliphatic rings. The number of rotatable bonds is 9. The molecule has 45 heavy (non-hydrogen) atoms. The van der Waals surface area contributed by atoms with Gasteiger partial charge in [-0.3, -0.25) is 14.6 Å². The first kappa shape index (κ1) is 30.5. The number of aromatic amines is 1. The smallest absolute Gasteiger partial charge is 0.343 e. The van der Waals surface area contributed by atoms with Crippen LogP contribution in [0.5, 0.6) is 11.5 Å². The maximum Gasteiger partial charge on any atom is 0.343 e. The summed E-state index contributed by atoms with van der Waals surface area (Å²) < 4.78 is 23.6. The minimum Gasteiger partial charge on any atom is -0.454 e. The molecule has 1 aliphatic carbocycles. The zero-order valence-electron chi connectivity index (χ0n) is 23.9. The zero-order chi connectivity index (χ0) is 31.9. The zero-order valence-corrected chi connectivity index (χ0v) is 23.9. The first-order valence-corrected chi connectivity index (χ1v) is 13.9. The van der Waals surface area contributed by atoms with Crippen LogP contribution in [0.2, 0.25) is 0 Å². The van der Waals surface area contributed by atoms with Crippen molar-refractivity contribution in [1.82, 2.24) is 9.55 Å². The predicted molar refractivity (Wildman–Crippen MR) is 158 cm³/mol. The number of hydrogen-bond acceptors (Lipinski definition) is 11. The molecule has 2 aromatic carbocycles. The number of esters is 3. The number of carbonyl (C=O) groups excluding carboxylic acids is 3. The largest absolute Gasteiger partial charge is 0.454 e. The van der Waals surface area contributed by atoms with Gasteiger partial charge in [0, 0.05) is 5.56 Å². The van der Waals surface area contributed by atoms with Crippen LogP contribution in [-0.2, 0) is 16.1 Å². The number of furan rings is 1. The van der Waals surface area contributed by atoms with Gasteiger partial charge in [-0.1, -0.05) is 53.7 Å². The average molecular weight is 614 g/mol. The van der Waals surface area contributed by atoms with Gasteiger partial charge in [0.1, 0.15) is 0 Å². The highest BCUT2D eigenvalue weighted by molar-refractivity contribution is 5.92. The number of nitrogens with zero attached hydrogens (tertiary/aromatic N) is 2. The molecular formula is C32H27N3O10. The maximum absolute atomic E-state index is 13.3. The quantitative estimate of drug-likeness (QED) is 0.0918. The van der Waals surface area contributed by atoms with E-state index in [2.05, 4.69) is 10.1 Å². The highest BCUT2D eigenvalue weighted by atomic mass is 16.6. The van der Waals surface area contributed by atoms with Crippen LogP contribution in [0.4, 0.5) is 0 Å². The molecule has 5 rings (SSSR count). The first-order valence-electron chi connectivity index (χ1n) is 13.9. The summed E-state index contributed by atoms with van der Waals surface area (Å²) in [6.45, 7) is 0.733. The van der Waals surface area contributed by atoms with Crippen LogP contribution in [0.3, 0.4) is 0 Å². The van der Waals surface area contributed by atoms with E-state index in [1.54, 1.807) is 42.5 Å². The molecule has 230 valence electrons. The Morgan fingerprint density at radius 3 is 2.29 bits per heavy atom. The Morgan fingerprint density at radius 1 is 1.00 bits per heavy atom. The molecule has 1 atom stereocenters. The third-order valence-corrected chi connectivity index (χ3v) is 6.95. The summed E-state index contributed by atoms with van der Waals surface area (Å²) >= 11 is 0. The fourth-order valence-electron chi connectivity index (χ4n) is 4.62. The minimum atomic E-state index is -1.06. The van der Waals surface area contributed by atoms with Crippen molar-refractivity contribution in [2.75, 3.05) is 0 Å². The van der Waals surface area contributed by atoms with Gasteiger partial charge in [-0.15, -0.1) is 0 Å². The van der Waals surface area contributed by atoms with Crippen molar-refractivity contribution in [2.45, 2.75) is 32.8 Å². The van der Waals surface area contributed by atoms with E-state index in [1.807, 2.05) is 6.08 Å². The predicted octanol–water partition coefficient (Wildman–Crippen LogP) is 4.07. The molecule has 0 bridgehead atoms. The van der Waals surface area contributed by atoms with Gasteiger partial charge in [0.15, 0.2) is 12.4 Å². The van der Waals surface area contributed by atoms with Crippen molar-refractivity contribution in [3.8, 4) is 17.4 Å². The second kappa shape index (κ2) is 13.5. The van der Waals surface area contributed by atoms with Gasteiger partial charge in [-0.2, -0.15) is 0 Å². The fraction of sp³-hybridized carbons (Fsp3) is 0.188. The summed E-state index contributed by atoms with van der Waals surface area (Å²) in [6.07, 6.45) is 6.38. The van der Waals surface area contributed by atoms with Crippen LogP contribution in [0.15, 0.2) is 92.0 Å². The Bertz CT molecular complexity index is 1900. The van der Waals surface area contributed by atoms with Gasteiger partial charge in [0.25, 0.3) is 11.4 Å². The molecule has 2 N–H and O–H groups in total. The lowest BCUT2D eigenvalue weighted by Crippen LogP contribution is -2.33. The molecule has 2 aromatic heterocycles. The summed E-state index contributed by atoms with van der Waals surface area (Å²) in [5.74, 6) is -4.77.